The van der Waals surface area contributed by atoms with Gasteiger partial charge in [-0.1, -0.05) is 36.2 Å². The van der Waals surface area contributed by atoms with E-state index in [0.29, 0.717) is 6.04 Å². The molecular formula is C16H21BrClN. The first kappa shape index (κ1) is 15.1. The fourth-order valence-corrected chi connectivity index (χ4v) is 3.08. The lowest BCUT2D eigenvalue weighted by atomic mass is 9.90. The Morgan fingerprint density at radius 3 is 2.84 bits per heavy atom. The van der Waals surface area contributed by atoms with Crippen molar-refractivity contribution in [3.63, 3.8) is 0 Å². The van der Waals surface area contributed by atoms with Gasteiger partial charge in [-0.2, -0.15) is 0 Å². The lowest BCUT2D eigenvalue weighted by Gasteiger charge is -2.25. The first-order valence-corrected chi connectivity index (χ1v) is 8.26. The Hall–Kier alpha value is -0.310. The monoisotopic (exact) mass is 341 g/mol. The van der Waals surface area contributed by atoms with Crippen molar-refractivity contribution in [3.8, 4) is 0 Å². The van der Waals surface area contributed by atoms with Crippen LogP contribution in [0.15, 0.2) is 34.3 Å². The molecule has 0 saturated heterocycles. The van der Waals surface area contributed by atoms with Gasteiger partial charge in [0.2, 0.25) is 0 Å². The maximum absolute atomic E-state index is 6.09. The van der Waals surface area contributed by atoms with Crippen molar-refractivity contribution in [1.29, 1.82) is 0 Å². The maximum atomic E-state index is 6.09. The number of hydrogen-bond acceptors (Lipinski definition) is 1. The molecule has 1 atom stereocenters. The van der Waals surface area contributed by atoms with Crippen molar-refractivity contribution in [2.24, 2.45) is 0 Å². The Morgan fingerprint density at radius 1 is 1.37 bits per heavy atom. The van der Waals surface area contributed by atoms with E-state index in [1.807, 2.05) is 6.07 Å². The summed E-state index contributed by atoms with van der Waals surface area (Å²) in [4.78, 5) is 0. The van der Waals surface area contributed by atoms with Crippen molar-refractivity contribution in [2.45, 2.75) is 45.1 Å². The van der Waals surface area contributed by atoms with Gasteiger partial charge in [-0.25, -0.2) is 0 Å². The summed E-state index contributed by atoms with van der Waals surface area (Å²) in [6, 6.07) is 6.60. The van der Waals surface area contributed by atoms with Crippen LogP contribution in [0, 0.1) is 0 Å². The van der Waals surface area contributed by atoms with E-state index in [2.05, 4.69) is 46.4 Å². The van der Waals surface area contributed by atoms with Gasteiger partial charge in [-0.3, -0.25) is 0 Å². The van der Waals surface area contributed by atoms with Gasteiger partial charge in [-0.05, 0) is 72.3 Å². The molecule has 1 aromatic carbocycles. The molecule has 1 N–H and O–H groups in total. The fraction of sp³-hybridized carbons (Fsp3) is 0.500. The molecule has 0 radical (unpaired) electrons. The molecule has 1 aliphatic carbocycles. The SMILES string of the molecule is CCCNC(C1=CCCCC1)c1ccc(Cl)c(Br)c1. The van der Waals surface area contributed by atoms with Gasteiger partial charge in [0.05, 0.1) is 11.1 Å². The molecule has 3 heteroatoms. The van der Waals surface area contributed by atoms with E-state index in [9.17, 15) is 0 Å². The summed E-state index contributed by atoms with van der Waals surface area (Å²) in [6.07, 6.45) is 8.63. The van der Waals surface area contributed by atoms with Gasteiger partial charge in [-0.15, -0.1) is 0 Å². The number of hydrogen-bond donors (Lipinski definition) is 1. The van der Waals surface area contributed by atoms with Crippen LogP contribution in [0.3, 0.4) is 0 Å². The summed E-state index contributed by atoms with van der Waals surface area (Å²) in [5.74, 6) is 0. The molecule has 0 amide bonds. The van der Waals surface area contributed by atoms with Crippen LogP contribution in [0.25, 0.3) is 0 Å². The second kappa shape index (κ2) is 7.47. The Labute approximate surface area is 129 Å². The zero-order valence-electron chi connectivity index (χ0n) is 11.4. The molecule has 2 rings (SSSR count). The van der Waals surface area contributed by atoms with E-state index in [1.165, 1.54) is 36.8 Å². The highest BCUT2D eigenvalue weighted by molar-refractivity contribution is 9.10. The Kier molecular flexibility index (Phi) is 5.93. The Balaban J connectivity index is 2.25. The van der Waals surface area contributed by atoms with Gasteiger partial charge in [0.1, 0.15) is 0 Å². The van der Waals surface area contributed by atoms with Crippen molar-refractivity contribution in [3.05, 3.63) is 44.9 Å². The molecular weight excluding hydrogens is 322 g/mol. The summed E-state index contributed by atoms with van der Waals surface area (Å²) in [5.41, 5.74) is 2.84. The lowest BCUT2D eigenvalue weighted by Crippen LogP contribution is -2.24. The van der Waals surface area contributed by atoms with Gasteiger partial charge >= 0.3 is 0 Å². The molecule has 0 aromatic heterocycles. The predicted molar refractivity (Wildman–Crippen MR) is 86.7 cm³/mol. The minimum Gasteiger partial charge on any atom is -0.307 e. The highest BCUT2D eigenvalue weighted by atomic mass is 79.9. The summed E-state index contributed by atoms with van der Waals surface area (Å²) < 4.78 is 0.978. The Morgan fingerprint density at radius 2 is 2.21 bits per heavy atom. The third-order valence-electron chi connectivity index (χ3n) is 3.57. The minimum absolute atomic E-state index is 0.341. The maximum Gasteiger partial charge on any atom is 0.0548 e. The number of halogens is 2. The quantitative estimate of drug-likeness (QED) is 0.682. The molecule has 0 saturated carbocycles. The second-order valence-electron chi connectivity index (χ2n) is 5.09. The second-order valence-corrected chi connectivity index (χ2v) is 6.35. The van der Waals surface area contributed by atoms with Crippen molar-refractivity contribution >= 4 is 27.5 Å². The summed E-state index contributed by atoms with van der Waals surface area (Å²) in [7, 11) is 0. The fourth-order valence-electron chi connectivity index (χ4n) is 2.57. The van der Waals surface area contributed by atoms with Crippen LogP contribution in [-0.4, -0.2) is 6.54 Å². The molecule has 19 heavy (non-hydrogen) atoms. The number of allylic oxidation sites excluding steroid dienone is 1. The average molecular weight is 343 g/mol. The molecule has 104 valence electrons. The van der Waals surface area contributed by atoms with E-state index >= 15 is 0 Å². The van der Waals surface area contributed by atoms with E-state index in [-0.39, 0.29) is 0 Å². The summed E-state index contributed by atoms with van der Waals surface area (Å²) in [5, 5.41) is 4.44. The molecule has 0 spiro atoms. The minimum atomic E-state index is 0.341. The van der Waals surface area contributed by atoms with Crippen LogP contribution < -0.4 is 5.32 Å². The highest BCUT2D eigenvalue weighted by Gasteiger charge is 2.18. The molecule has 1 unspecified atom stereocenters. The van der Waals surface area contributed by atoms with E-state index in [4.69, 9.17) is 11.6 Å². The van der Waals surface area contributed by atoms with Crippen LogP contribution in [0.5, 0.6) is 0 Å². The lowest BCUT2D eigenvalue weighted by molar-refractivity contribution is 0.546. The number of rotatable bonds is 5. The van der Waals surface area contributed by atoms with Crippen molar-refractivity contribution in [1.82, 2.24) is 5.32 Å². The standard InChI is InChI=1S/C16H21BrClN/c1-2-10-19-16(12-6-4-3-5-7-12)13-8-9-15(18)14(17)11-13/h6,8-9,11,16,19H,2-5,7,10H2,1H3. The van der Waals surface area contributed by atoms with Crippen LogP contribution in [0.1, 0.15) is 50.6 Å². The van der Waals surface area contributed by atoms with Crippen molar-refractivity contribution in [2.75, 3.05) is 6.54 Å². The molecule has 0 fully saturated rings. The van der Waals surface area contributed by atoms with Gasteiger partial charge < -0.3 is 5.32 Å². The van der Waals surface area contributed by atoms with Crippen molar-refractivity contribution < 1.29 is 0 Å². The third kappa shape index (κ3) is 4.08. The summed E-state index contributed by atoms with van der Waals surface area (Å²) in [6.45, 7) is 3.25. The number of nitrogens with one attached hydrogen (secondary N) is 1. The van der Waals surface area contributed by atoms with Crippen LogP contribution in [-0.2, 0) is 0 Å². The zero-order valence-corrected chi connectivity index (χ0v) is 13.7. The molecule has 0 bridgehead atoms. The van der Waals surface area contributed by atoms with E-state index in [0.717, 1.165) is 22.5 Å². The molecule has 0 heterocycles. The predicted octanol–water partition coefficient (Wildman–Crippen LogP) is 5.64. The molecule has 0 aliphatic heterocycles. The first-order chi connectivity index (χ1) is 9.22. The van der Waals surface area contributed by atoms with Gasteiger partial charge in [0.15, 0.2) is 0 Å². The normalized spacial score (nSPS) is 17.1. The molecule has 1 nitrogen and oxygen atoms in total. The average Bonchev–Trinajstić information content (AvgIpc) is 2.44. The van der Waals surface area contributed by atoms with E-state index < -0.39 is 0 Å². The third-order valence-corrected chi connectivity index (χ3v) is 4.79. The molecule has 1 aromatic rings. The zero-order chi connectivity index (χ0) is 13.7. The van der Waals surface area contributed by atoms with Crippen LogP contribution >= 0.6 is 27.5 Å². The van der Waals surface area contributed by atoms with Gasteiger partial charge in [0.25, 0.3) is 0 Å². The number of benzene rings is 1. The largest absolute Gasteiger partial charge is 0.307 e. The van der Waals surface area contributed by atoms with Crippen LogP contribution in [0.4, 0.5) is 0 Å². The topological polar surface area (TPSA) is 12.0 Å². The highest BCUT2D eigenvalue weighted by Crippen LogP contribution is 2.33. The Bertz CT molecular complexity index is 456. The van der Waals surface area contributed by atoms with Gasteiger partial charge in [0, 0.05) is 4.47 Å². The first-order valence-electron chi connectivity index (χ1n) is 7.09. The van der Waals surface area contributed by atoms with Crippen LogP contribution in [0.2, 0.25) is 5.02 Å². The van der Waals surface area contributed by atoms with E-state index in [1.54, 1.807) is 0 Å². The molecule has 1 aliphatic rings. The summed E-state index contributed by atoms with van der Waals surface area (Å²) >= 11 is 9.62. The smallest absolute Gasteiger partial charge is 0.0548 e.